The van der Waals surface area contributed by atoms with Crippen molar-refractivity contribution in [3.63, 3.8) is 0 Å². The van der Waals surface area contributed by atoms with Crippen molar-refractivity contribution in [3.05, 3.63) is 23.3 Å². The van der Waals surface area contributed by atoms with Crippen molar-refractivity contribution < 1.29 is 9.90 Å². The summed E-state index contributed by atoms with van der Waals surface area (Å²) in [5.41, 5.74) is 3.54. The molecule has 4 aliphatic carbocycles. The van der Waals surface area contributed by atoms with Crippen LogP contribution in [0.25, 0.3) is 0 Å². The Morgan fingerprint density at radius 3 is 2.65 bits per heavy atom. The fourth-order valence-electron chi connectivity index (χ4n) is 6.85. The summed E-state index contributed by atoms with van der Waals surface area (Å²) >= 11 is 0. The monoisotopic (exact) mass is 314 g/mol. The molecule has 126 valence electrons. The molecule has 0 aromatic rings. The van der Waals surface area contributed by atoms with Gasteiger partial charge in [0.1, 0.15) is 6.29 Å². The molecule has 3 fully saturated rings. The van der Waals surface area contributed by atoms with Crippen molar-refractivity contribution in [2.75, 3.05) is 0 Å². The van der Waals surface area contributed by atoms with Gasteiger partial charge < -0.3 is 5.11 Å². The van der Waals surface area contributed by atoms with Gasteiger partial charge in [-0.2, -0.15) is 0 Å². The summed E-state index contributed by atoms with van der Waals surface area (Å²) in [5.74, 6) is 2.30. The molecule has 0 bridgehead atoms. The van der Waals surface area contributed by atoms with Gasteiger partial charge in [0, 0.05) is 0 Å². The molecule has 6 atom stereocenters. The third-order valence-corrected chi connectivity index (χ3v) is 8.19. The minimum Gasteiger partial charge on any atom is -0.393 e. The topological polar surface area (TPSA) is 37.3 Å². The van der Waals surface area contributed by atoms with Crippen LogP contribution < -0.4 is 0 Å². The smallest absolute Gasteiger partial charge is 0.142 e. The summed E-state index contributed by atoms with van der Waals surface area (Å²) in [4.78, 5) is 11.0. The van der Waals surface area contributed by atoms with E-state index >= 15 is 0 Å². The predicted molar refractivity (Wildman–Crippen MR) is 91.9 cm³/mol. The molecule has 2 nitrogen and oxygen atoms in total. The predicted octanol–water partition coefficient (Wildman–Crippen LogP) is 4.44. The van der Waals surface area contributed by atoms with Gasteiger partial charge in [-0.3, -0.25) is 4.79 Å². The van der Waals surface area contributed by atoms with E-state index in [0.29, 0.717) is 5.41 Å². The third kappa shape index (κ3) is 2.13. The van der Waals surface area contributed by atoms with E-state index in [9.17, 15) is 9.90 Å². The molecular weight excluding hydrogens is 284 g/mol. The Bertz CT molecular complexity index is 574. The number of carbonyl (C=O) groups is 1. The lowest BCUT2D eigenvalue weighted by Crippen LogP contribution is -2.49. The zero-order chi connectivity index (χ0) is 16.2. The summed E-state index contributed by atoms with van der Waals surface area (Å²) in [5, 5.41) is 10.1. The maximum atomic E-state index is 11.0. The molecule has 0 spiro atoms. The van der Waals surface area contributed by atoms with Crippen LogP contribution in [0.1, 0.15) is 65.2 Å². The minimum absolute atomic E-state index is 0.117. The molecule has 0 saturated heterocycles. The Kier molecular flexibility index (Phi) is 3.61. The summed E-state index contributed by atoms with van der Waals surface area (Å²) in [7, 11) is 0. The number of aldehydes is 1. The van der Waals surface area contributed by atoms with Gasteiger partial charge in [0.15, 0.2) is 0 Å². The highest BCUT2D eigenvalue weighted by molar-refractivity contribution is 5.67. The van der Waals surface area contributed by atoms with Crippen molar-refractivity contribution in [3.8, 4) is 0 Å². The molecule has 4 rings (SSSR count). The fourth-order valence-corrected chi connectivity index (χ4v) is 6.85. The molecule has 0 heterocycles. The van der Waals surface area contributed by atoms with Gasteiger partial charge in [-0.05, 0) is 86.0 Å². The van der Waals surface area contributed by atoms with Crippen LogP contribution in [0.15, 0.2) is 23.3 Å². The van der Waals surface area contributed by atoms with E-state index in [0.717, 1.165) is 49.7 Å². The number of hydrogen-bond acceptors (Lipinski definition) is 2. The number of aliphatic hydroxyl groups is 1. The number of rotatable bonds is 1. The van der Waals surface area contributed by atoms with Crippen molar-refractivity contribution >= 4 is 6.29 Å². The van der Waals surface area contributed by atoms with E-state index in [2.05, 4.69) is 19.9 Å². The molecule has 0 aromatic carbocycles. The van der Waals surface area contributed by atoms with Crippen LogP contribution in [0.4, 0.5) is 0 Å². The third-order valence-electron chi connectivity index (χ3n) is 8.19. The number of hydrogen-bond donors (Lipinski definition) is 1. The summed E-state index contributed by atoms with van der Waals surface area (Å²) in [6, 6.07) is 0. The standard InChI is InChI=1S/C21H30O2/c1-20-11-8-19-17(18(20)6-4-14(20)9-12-22)5-3-15-13-16(23)7-10-21(15,19)2/h3,9,12,16-19,23H,4-8,10-11,13H2,1-2H3/b14-9-/t16-,17-,18-,19-,20+,21-/m0/s1. The first kappa shape index (κ1) is 15.6. The summed E-state index contributed by atoms with van der Waals surface area (Å²) in [6.45, 7) is 4.89. The first-order valence-electron chi connectivity index (χ1n) is 9.51. The van der Waals surface area contributed by atoms with Gasteiger partial charge in [0.05, 0.1) is 6.10 Å². The largest absolute Gasteiger partial charge is 0.393 e. The maximum absolute atomic E-state index is 11.0. The van der Waals surface area contributed by atoms with Gasteiger partial charge in [0.25, 0.3) is 0 Å². The molecule has 0 aliphatic heterocycles. The average Bonchev–Trinajstić information content (AvgIpc) is 2.85. The lowest BCUT2D eigenvalue weighted by molar-refractivity contribution is -0.104. The first-order chi connectivity index (χ1) is 11.0. The molecule has 0 unspecified atom stereocenters. The maximum Gasteiger partial charge on any atom is 0.142 e. The molecule has 0 radical (unpaired) electrons. The van der Waals surface area contributed by atoms with Gasteiger partial charge in [0.2, 0.25) is 0 Å². The molecule has 3 saturated carbocycles. The van der Waals surface area contributed by atoms with Gasteiger partial charge in [-0.1, -0.05) is 31.1 Å². The molecule has 0 amide bonds. The molecule has 2 heteroatoms. The molecular formula is C21H30O2. The normalized spacial score (nSPS) is 50.7. The van der Waals surface area contributed by atoms with E-state index in [1.54, 1.807) is 5.57 Å². The lowest BCUT2D eigenvalue weighted by atomic mass is 9.48. The van der Waals surface area contributed by atoms with Gasteiger partial charge in [-0.15, -0.1) is 0 Å². The minimum atomic E-state index is -0.117. The van der Waals surface area contributed by atoms with E-state index in [1.807, 2.05) is 6.08 Å². The Morgan fingerprint density at radius 2 is 1.87 bits per heavy atom. The van der Waals surface area contributed by atoms with Crippen LogP contribution in [0.2, 0.25) is 0 Å². The number of carbonyl (C=O) groups excluding carboxylic acids is 1. The van der Waals surface area contributed by atoms with Crippen LogP contribution >= 0.6 is 0 Å². The number of allylic oxidation sites excluding steroid dienone is 3. The summed E-state index contributed by atoms with van der Waals surface area (Å²) < 4.78 is 0. The van der Waals surface area contributed by atoms with Crippen LogP contribution in [-0.4, -0.2) is 17.5 Å². The zero-order valence-electron chi connectivity index (χ0n) is 14.6. The second-order valence-electron chi connectivity index (χ2n) is 8.98. The molecule has 1 N–H and O–H groups in total. The van der Waals surface area contributed by atoms with Crippen LogP contribution in [0, 0.1) is 28.6 Å². The van der Waals surface area contributed by atoms with Gasteiger partial charge in [-0.25, -0.2) is 0 Å². The van der Waals surface area contributed by atoms with E-state index < -0.39 is 0 Å². The lowest BCUT2D eigenvalue weighted by Gasteiger charge is -2.57. The highest BCUT2D eigenvalue weighted by atomic mass is 16.3. The van der Waals surface area contributed by atoms with Crippen LogP contribution in [-0.2, 0) is 4.79 Å². The zero-order valence-corrected chi connectivity index (χ0v) is 14.6. The fraction of sp³-hybridized carbons (Fsp3) is 0.762. The highest BCUT2D eigenvalue weighted by Crippen LogP contribution is 2.65. The first-order valence-corrected chi connectivity index (χ1v) is 9.51. The van der Waals surface area contributed by atoms with Crippen LogP contribution in [0.5, 0.6) is 0 Å². The molecule has 23 heavy (non-hydrogen) atoms. The number of fused-ring (bicyclic) bond motifs is 5. The SMILES string of the molecule is C[C@]12CC[C@H](O)CC1=CC[C@@H]1[C@@H]2CC[C@]2(C)/C(=C\C=O)CC[C@@H]12. The number of aliphatic hydroxyl groups excluding tert-OH is 1. The van der Waals surface area contributed by atoms with Gasteiger partial charge >= 0.3 is 0 Å². The Labute approximate surface area is 140 Å². The van der Waals surface area contributed by atoms with Crippen molar-refractivity contribution in [2.45, 2.75) is 71.3 Å². The molecule has 0 aromatic heterocycles. The second-order valence-corrected chi connectivity index (χ2v) is 8.98. The Morgan fingerprint density at radius 1 is 1.13 bits per heavy atom. The van der Waals surface area contributed by atoms with E-state index in [1.165, 1.54) is 31.3 Å². The van der Waals surface area contributed by atoms with E-state index in [-0.39, 0.29) is 11.5 Å². The Balaban J connectivity index is 1.67. The highest BCUT2D eigenvalue weighted by Gasteiger charge is 2.56. The Hall–Kier alpha value is -0.890. The molecule has 4 aliphatic rings. The van der Waals surface area contributed by atoms with Crippen LogP contribution in [0.3, 0.4) is 0 Å². The van der Waals surface area contributed by atoms with Crippen molar-refractivity contribution in [1.29, 1.82) is 0 Å². The second kappa shape index (κ2) is 5.31. The average molecular weight is 314 g/mol. The quantitative estimate of drug-likeness (QED) is 0.441. The van der Waals surface area contributed by atoms with Crippen molar-refractivity contribution in [1.82, 2.24) is 0 Å². The van der Waals surface area contributed by atoms with Crippen molar-refractivity contribution in [2.24, 2.45) is 28.6 Å². The summed E-state index contributed by atoms with van der Waals surface area (Å²) in [6.07, 6.45) is 14.4. The van der Waals surface area contributed by atoms with E-state index in [4.69, 9.17) is 0 Å².